The molecule has 1 fully saturated rings. The highest BCUT2D eigenvalue weighted by atomic mass is 16.5. The van der Waals surface area contributed by atoms with Gasteiger partial charge in [-0.1, -0.05) is 12.1 Å². The van der Waals surface area contributed by atoms with E-state index in [0.717, 1.165) is 22.6 Å². The van der Waals surface area contributed by atoms with Gasteiger partial charge in [0.2, 0.25) is 5.91 Å². The van der Waals surface area contributed by atoms with Crippen molar-refractivity contribution in [3.8, 4) is 5.75 Å². The molecule has 5 heteroatoms. The second kappa shape index (κ2) is 4.66. The number of imide groups is 1. The highest BCUT2D eigenvalue weighted by Crippen LogP contribution is 2.26. The molecule has 1 aromatic rings. The standard InChI is InChI=1S/C14H15NO4/c16-11-8-13(17)15(14(11)18)5-3-9-1-2-12-10(7-9)4-6-19-12/h1-2,7,11,16H,3-6,8H2/t11-/m0/s1. The first kappa shape index (κ1) is 12.2. The lowest BCUT2D eigenvalue weighted by molar-refractivity contribution is -0.140. The molecule has 0 bridgehead atoms. The molecule has 0 spiro atoms. The van der Waals surface area contributed by atoms with Gasteiger partial charge >= 0.3 is 0 Å². The van der Waals surface area contributed by atoms with Gasteiger partial charge in [-0.15, -0.1) is 0 Å². The molecule has 2 amide bonds. The summed E-state index contributed by atoms with van der Waals surface area (Å²) in [4.78, 5) is 24.2. The second-order valence-electron chi connectivity index (χ2n) is 4.89. The van der Waals surface area contributed by atoms with Crippen LogP contribution >= 0.6 is 0 Å². The van der Waals surface area contributed by atoms with Crippen LogP contribution in [-0.2, 0) is 22.4 Å². The van der Waals surface area contributed by atoms with Gasteiger partial charge in [0.15, 0.2) is 0 Å². The number of likely N-dealkylation sites (tertiary alicyclic amines) is 1. The molecule has 1 N–H and O–H groups in total. The summed E-state index contributed by atoms with van der Waals surface area (Å²) in [6, 6.07) is 5.94. The second-order valence-corrected chi connectivity index (χ2v) is 4.89. The number of nitrogens with zero attached hydrogens (tertiary/aromatic N) is 1. The lowest BCUT2D eigenvalue weighted by atomic mass is 10.1. The monoisotopic (exact) mass is 261 g/mol. The van der Waals surface area contributed by atoms with E-state index in [0.29, 0.717) is 19.6 Å². The van der Waals surface area contributed by atoms with Crippen molar-refractivity contribution in [2.24, 2.45) is 0 Å². The summed E-state index contributed by atoms with van der Waals surface area (Å²) >= 11 is 0. The third-order valence-corrected chi connectivity index (χ3v) is 3.60. The molecule has 0 aliphatic carbocycles. The van der Waals surface area contributed by atoms with E-state index < -0.39 is 12.0 Å². The van der Waals surface area contributed by atoms with Crippen LogP contribution in [0.1, 0.15) is 17.5 Å². The van der Waals surface area contributed by atoms with Crippen LogP contribution < -0.4 is 4.74 Å². The van der Waals surface area contributed by atoms with Crippen LogP contribution in [0.15, 0.2) is 18.2 Å². The third-order valence-electron chi connectivity index (χ3n) is 3.60. The van der Waals surface area contributed by atoms with E-state index in [2.05, 4.69) is 6.07 Å². The van der Waals surface area contributed by atoms with Gasteiger partial charge in [0.25, 0.3) is 5.91 Å². The largest absolute Gasteiger partial charge is 0.493 e. The summed E-state index contributed by atoms with van der Waals surface area (Å²) in [5.74, 6) is 0.156. The van der Waals surface area contributed by atoms with Crippen LogP contribution in [-0.4, -0.2) is 41.1 Å². The maximum atomic E-state index is 11.6. The highest BCUT2D eigenvalue weighted by Gasteiger charge is 2.36. The molecule has 1 aromatic carbocycles. The van der Waals surface area contributed by atoms with Crippen molar-refractivity contribution < 1.29 is 19.4 Å². The number of carbonyl (C=O) groups excluding carboxylic acids is 2. The topological polar surface area (TPSA) is 66.8 Å². The van der Waals surface area contributed by atoms with Gasteiger partial charge in [0, 0.05) is 13.0 Å². The number of hydrogen-bond donors (Lipinski definition) is 1. The van der Waals surface area contributed by atoms with Crippen LogP contribution in [0.3, 0.4) is 0 Å². The molecule has 0 radical (unpaired) electrons. The Balaban J connectivity index is 1.66. The van der Waals surface area contributed by atoms with Crippen LogP contribution in [0.2, 0.25) is 0 Å². The van der Waals surface area contributed by atoms with Gasteiger partial charge in [0.05, 0.1) is 13.0 Å². The van der Waals surface area contributed by atoms with Crippen molar-refractivity contribution in [1.82, 2.24) is 4.90 Å². The minimum atomic E-state index is -1.15. The lowest BCUT2D eigenvalue weighted by Gasteiger charge is -2.14. The first-order chi connectivity index (χ1) is 9.15. The Morgan fingerprint density at radius 3 is 2.95 bits per heavy atom. The highest BCUT2D eigenvalue weighted by molar-refractivity contribution is 6.04. The maximum Gasteiger partial charge on any atom is 0.258 e. The fraction of sp³-hybridized carbons (Fsp3) is 0.429. The molecule has 2 heterocycles. The number of amides is 2. The van der Waals surface area contributed by atoms with Gasteiger partial charge in [-0.2, -0.15) is 0 Å². The Labute approximate surface area is 110 Å². The van der Waals surface area contributed by atoms with Gasteiger partial charge < -0.3 is 9.84 Å². The molecule has 2 aliphatic rings. The molecule has 0 aromatic heterocycles. The van der Waals surface area contributed by atoms with E-state index in [1.807, 2.05) is 12.1 Å². The molecule has 1 saturated heterocycles. The van der Waals surface area contributed by atoms with Crippen LogP contribution in [0.25, 0.3) is 0 Å². The molecular weight excluding hydrogens is 246 g/mol. The smallest absolute Gasteiger partial charge is 0.258 e. The lowest BCUT2D eigenvalue weighted by Crippen LogP contribution is -2.33. The van der Waals surface area contributed by atoms with Gasteiger partial charge in [-0.3, -0.25) is 14.5 Å². The van der Waals surface area contributed by atoms with Crippen LogP contribution in [0.4, 0.5) is 0 Å². The number of hydrogen-bond acceptors (Lipinski definition) is 4. The zero-order valence-electron chi connectivity index (χ0n) is 10.5. The molecule has 0 unspecified atom stereocenters. The molecular formula is C14H15NO4. The SMILES string of the molecule is O=C1C[C@H](O)C(=O)N1CCc1ccc2c(c1)CCO2. The van der Waals surface area contributed by atoms with E-state index in [4.69, 9.17) is 4.74 Å². The zero-order chi connectivity index (χ0) is 13.4. The number of aliphatic hydroxyl groups excluding tert-OH is 1. The van der Waals surface area contributed by atoms with Crippen molar-refractivity contribution in [3.05, 3.63) is 29.3 Å². The van der Waals surface area contributed by atoms with Crippen LogP contribution in [0.5, 0.6) is 5.75 Å². The van der Waals surface area contributed by atoms with E-state index in [-0.39, 0.29) is 12.3 Å². The zero-order valence-corrected chi connectivity index (χ0v) is 10.5. The molecule has 1 atom stereocenters. The predicted molar refractivity (Wildman–Crippen MR) is 66.7 cm³/mol. The predicted octanol–water partition coefficient (Wildman–Crippen LogP) is 0.284. The van der Waals surface area contributed by atoms with Crippen molar-refractivity contribution in [3.63, 3.8) is 0 Å². The van der Waals surface area contributed by atoms with E-state index >= 15 is 0 Å². The Hall–Kier alpha value is -1.88. The van der Waals surface area contributed by atoms with Gasteiger partial charge in [0.1, 0.15) is 11.9 Å². The molecule has 2 aliphatic heterocycles. The summed E-state index contributed by atoms with van der Waals surface area (Å²) in [6.45, 7) is 1.04. The Morgan fingerprint density at radius 1 is 1.37 bits per heavy atom. The molecule has 3 rings (SSSR count). The van der Waals surface area contributed by atoms with Crippen molar-refractivity contribution in [2.75, 3.05) is 13.2 Å². The molecule has 0 saturated carbocycles. The normalized spacial score (nSPS) is 21.7. The fourth-order valence-corrected chi connectivity index (χ4v) is 2.54. The minimum absolute atomic E-state index is 0.0864. The minimum Gasteiger partial charge on any atom is -0.493 e. The summed E-state index contributed by atoms with van der Waals surface area (Å²) < 4.78 is 5.43. The molecule has 19 heavy (non-hydrogen) atoms. The summed E-state index contributed by atoms with van der Waals surface area (Å²) in [6.07, 6.45) is 0.276. The van der Waals surface area contributed by atoms with E-state index in [1.54, 1.807) is 0 Å². The Morgan fingerprint density at radius 2 is 2.21 bits per heavy atom. The van der Waals surface area contributed by atoms with E-state index in [9.17, 15) is 14.7 Å². The maximum absolute atomic E-state index is 11.6. The first-order valence-corrected chi connectivity index (χ1v) is 6.42. The fourth-order valence-electron chi connectivity index (χ4n) is 2.54. The summed E-state index contributed by atoms with van der Waals surface area (Å²) in [5.41, 5.74) is 2.25. The summed E-state index contributed by atoms with van der Waals surface area (Å²) in [5, 5.41) is 9.33. The average molecular weight is 261 g/mol. The van der Waals surface area contributed by atoms with E-state index in [1.165, 1.54) is 5.56 Å². The quantitative estimate of drug-likeness (QED) is 0.794. The number of benzene rings is 1. The van der Waals surface area contributed by atoms with Crippen LogP contribution in [0, 0.1) is 0 Å². The number of rotatable bonds is 3. The Bertz CT molecular complexity index is 540. The third kappa shape index (κ3) is 2.21. The number of ether oxygens (including phenoxy) is 1. The number of fused-ring (bicyclic) bond motifs is 1. The Kier molecular flexibility index (Phi) is 2.98. The van der Waals surface area contributed by atoms with Crippen molar-refractivity contribution in [1.29, 1.82) is 0 Å². The van der Waals surface area contributed by atoms with Gasteiger partial charge in [-0.25, -0.2) is 0 Å². The molecule has 5 nitrogen and oxygen atoms in total. The van der Waals surface area contributed by atoms with Crippen molar-refractivity contribution >= 4 is 11.8 Å². The first-order valence-electron chi connectivity index (χ1n) is 6.42. The summed E-state index contributed by atoms with van der Waals surface area (Å²) in [7, 11) is 0. The van der Waals surface area contributed by atoms with Gasteiger partial charge in [-0.05, 0) is 23.6 Å². The average Bonchev–Trinajstić information content (AvgIpc) is 2.94. The molecule has 100 valence electrons. The number of carbonyl (C=O) groups is 2. The van der Waals surface area contributed by atoms with Crippen molar-refractivity contribution in [2.45, 2.75) is 25.4 Å². The number of aliphatic hydroxyl groups is 1.